The second-order valence-electron chi connectivity index (χ2n) is 5.64. The quantitative estimate of drug-likeness (QED) is 0.918. The summed E-state index contributed by atoms with van der Waals surface area (Å²) >= 11 is 0. The van der Waals surface area contributed by atoms with Gasteiger partial charge in [0.15, 0.2) is 11.5 Å². The van der Waals surface area contributed by atoms with Crippen LogP contribution in [0.25, 0.3) is 0 Å². The molecule has 0 radical (unpaired) electrons. The van der Waals surface area contributed by atoms with Crippen molar-refractivity contribution in [1.82, 2.24) is 10.2 Å². The molecule has 0 saturated carbocycles. The molecule has 2 heterocycles. The Morgan fingerprint density at radius 1 is 1.24 bits per heavy atom. The number of nitrogens with one attached hydrogen (secondary N) is 1. The van der Waals surface area contributed by atoms with Gasteiger partial charge in [-0.25, -0.2) is 0 Å². The third-order valence-electron chi connectivity index (χ3n) is 4.14. The smallest absolute Gasteiger partial charge is 0.219 e. The molecule has 1 saturated heterocycles. The van der Waals surface area contributed by atoms with Crippen molar-refractivity contribution in [2.45, 2.75) is 32.4 Å². The van der Waals surface area contributed by atoms with E-state index in [4.69, 9.17) is 9.47 Å². The van der Waals surface area contributed by atoms with Gasteiger partial charge in [-0.2, -0.15) is 0 Å². The van der Waals surface area contributed by atoms with Gasteiger partial charge < -0.3 is 19.7 Å². The molecule has 0 atom stereocenters. The third kappa shape index (κ3) is 3.47. The number of ether oxygens (including phenoxy) is 2. The number of benzene rings is 1. The average Bonchev–Trinajstić information content (AvgIpc) is 2.53. The maximum atomic E-state index is 11.3. The molecule has 1 N–H and O–H groups in total. The van der Waals surface area contributed by atoms with E-state index in [1.54, 1.807) is 6.92 Å². The van der Waals surface area contributed by atoms with E-state index in [-0.39, 0.29) is 5.91 Å². The Hall–Kier alpha value is -1.75. The van der Waals surface area contributed by atoms with Crippen LogP contribution in [0.3, 0.4) is 0 Å². The van der Waals surface area contributed by atoms with Gasteiger partial charge in [-0.3, -0.25) is 4.79 Å². The van der Waals surface area contributed by atoms with Crippen molar-refractivity contribution >= 4 is 5.91 Å². The fourth-order valence-corrected chi connectivity index (χ4v) is 2.86. The second kappa shape index (κ2) is 6.35. The molecule has 21 heavy (non-hydrogen) atoms. The minimum absolute atomic E-state index is 0.181. The van der Waals surface area contributed by atoms with Crippen LogP contribution in [0.2, 0.25) is 0 Å². The van der Waals surface area contributed by atoms with E-state index in [9.17, 15) is 4.79 Å². The number of hydrogen-bond donors (Lipinski definition) is 1. The highest BCUT2D eigenvalue weighted by Crippen LogP contribution is 2.30. The van der Waals surface area contributed by atoms with Gasteiger partial charge in [0.25, 0.3) is 0 Å². The monoisotopic (exact) mass is 290 g/mol. The predicted molar refractivity (Wildman–Crippen MR) is 79.5 cm³/mol. The normalized spacial score (nSPS) is 18.6. The van der Waals surface area contributed by atoms with Crippen LogP contribution in [-0.2, 0) is 11.3 Å². The third-order valence-corrected chi connectivity index (χ3v) is 4.14. The number of fused-ring (bicyclic) bond motifs is 1. The Balaban J connectivity index is 1.50. The van der Waals surface area contributed by atoms with E-state index >= 15 is 0 Å². The van der Waals surface area contributed by atoms with Crippen molar-refractivity contribution < 1.29 is 14.3 Å². The van der Waals surface area contributed by atoms with E-state index in [1.165, 1.54) is 5.56 Å². The zero-order valence-corrected chi connectivity index (χ0v) is 12.4. The van der Waals surface area contributed by atoms with Crippen LogP contribution in [0.1, 0.15) is 25.3 Å². The molecule has 0 bridgehead atoms. The molecule has 1 aromatic carbocycles. The van der Waals surface area contributed by atoms with Crippen LogP contribution in [0.5, 0.6) is 11.5 Å². The second-order valence-corrected chi connectivity index (χ2v) is 5.64. The van der Waals surface area contributed by atoms with Crippen LogP contribution in [-0.4, -0.2) is 43.2 Å². The van der Waals surface area contributed by atoms with Crippen LogP contribution >= 0.6 is 0 Å². The van der Waals surface area contributed by atoms with Crippen LogP contribution in [0.15, 0.2) is 18.2 Å². The summed E-state index contributed by atoms with van der Waals surface area (Å²) in [5.74, 6) is 1.85. The lowest BCUT2D eigenvalue weighted by molar-refractivity contribution is -0.129. The van der Waals surface area contributed by atoms with Gasteiger partial charge in [0.1, 0.15) is 13.2 Å². The minimum Gasteiger partial charge on any atom is -0.486 e. The molecule has 5 nitrogen and oxygen atoms in total. The maximum Gasteiger partial charge on any atom is 0.219 e. The summed E-state index contributed by atoms with van der Waals surface area (Å²) in [6.45, 7) is 5.42. The Morgan fingerprint density at radius 2 is 1.95 bits per heavy atom. The van der Waals surface area contributed by atoms with Crippen molar-refractivity contribution in [2.24, 2.45) is 0 Å². The highest BCUT2D eigenvalue weighted by molar-refractivity contribution is 5.73. The summed E-state index contributed by atoms with van der Waals surface area (Å²) in [5.41, 5.74) is 1.20. The summed E-state index contributed by atoms with van der Waals surface area (Å²) in [6, 6.07) is 6.58. The predicted octanol–water partition coefficient (Wildman–Crippen LogP) is 1.56. The zero-order valence-electron chi connectivity index (χ0n) is 12.4. The Bertz CT molecular complexity index is 510. The van der Waals surface area contributed by atoms with E-state index in [2.05, 4.69) is 11.4 Å². The summed E-state index contributed by atoms with van der Waals surface area (Å²) < 4.78 is 11.1. The first kappa shape index (κ1) is 14.2. The number of piperidine rings is 1. The molecule has 3 rings (SSSR count). The van der Waals surface area contributed by atoms with Gasteiger partial charge in [-0.05, 0) is 30.5 Å². The van der Waals surface area contributed by atoms with Gasteiger partial charge >= 0.3 is 0 Å². The molecule has 5 heteroatoms. The number of carbonyl (C=O) groups is 1. The molecular weight excluding hydrogens is 268 g/mol. The van der Waals surface area contributed by atoms with Gasteiger partial charge in [-0.15, -0.1) is 0 Å². The first-order valence-electron chi connectivity index (χ1n) is 7.60. The number of likely N-dealkylation sites (tertiary alicyclic amines) is 1. The molecule has 0 unspecified atom stereocenters. The van der Waals surface area contributed by atoms with Crippen molar-refractivity contribution in [2.75, 3.05) is 26.3 Å². The number of nitrogens with zero attached hydrogens (tertiary/aromatic N) is 1. The Kier molecular flexibility index (Phi) is 4.29. The summed E-state index contributed by atoms with van der Waals surface area (Å²) in [4.78, 5) is 13.2. The summed E-state index contributed by atoms with van der Waals surface area (Å²) in [5, 5.41) is 3.57. The lowest BCUT2D eigenvalue weighted by atomic mass is 10.0. The molecule has 2 aliphatic rings. The summed E-state index contributed by atoms with van der Waals surface area (Å²) in [7, 11) is 0. The number of rotatable bonds is 3. The van der Waals surface area contributed by atoms with Gasteiger partial charge in [0, 0.05) is 32.6 Å². The van der Waals surface area contributed by atoms with Crippen LogP contribution in [0, 0.1) is 0 Å². The largest absolute Gasteiger partial charge is 0.486 e. The molecule has 2 aliphatic heterocycles. The van der Waals surface area contributed by atoms with Gasteiger partial charge in [0.2, 0.25) is 5.91 Å². The van der Waals surface area contributed by atoms with Crippen LogP contribution < -0.4 is 14.8 Å². The number of amides is 1. The van der Waals surface area contributed by atoms with E-state index in [1.807, 2.05) is 17.0 Å². The molecular formula is C16H22N2O3. The lowest BCUT2D eigenvalue weighted by Crippen LogP contribution is -2.43. The molecule has 0 spiro atoms. The molecule has 1 aromatic rings. The molecule has 0 aromatic heterocycles. The van der Waals surface area contributed by atoms with E-state index < -0.39 is 0 Å². The number of carbonyl (C=O) groups excluding carboxylic acids is 1. The summed E-state index contributed by atoms with van der Waals surface area (Å²) in [6.07, 6.45) is 2.04. The molecule has 114 valence electrons. The van der Waals surface area contributed by atoms with E-state index in [0.29, 0.717) is 19.3 Å². The standard InChI is InChI=1S/C16H22N2O3/c1-12(19)18-6-4-14(5-7-18)17-11-13-2-3-15-16(10-13)21-9-8-20-15/h2-3,10,14,17H,4-9,11H2,1H3. The van der Waals surface area contributed by atoms with Crippen molar-refractivity contribution in [3.8, 4) is 11.5 Å². The van der Waals surface area contributed by atoms with Gasteiger partial charge in [0.05, 0.1) is 0 Å². The lowest BCUT2D eigenvalue weighted by Gasteiger charge is -2.32. The highest BCUT2D eigenvalue weighted by Gasteiger charge is 2.20. The van der Waals surface area contributed by atoms with Crippen LogP contribution in [0.4, 0.5) is 0 Å². The van der Waals surface area contributed by atoms with Crippen molar-refractivity contribution in [1.29, 1.82) is 0 Å². The first-order valence-corrected chi connectivity index (χ1v) is 7.60. The van der Waals surface area contributed by atoms with Crippen molar-refractivity contribution in [3.05, 3.63) is 23.8 Å². The zero-order chi connectivity index (χ0) is 14.7. The fourth-order valence-electron chi connectivity index (χ4n) is 2.86. The topological polar surface area (TPSA) is 50.8 Å². The first-order chi connectivity index (χ1) is 10.2. The maximum absolute atomic E-state index is 11.3. The van der Waals surface area contributed by atoms with Gasteiger partial charge in [-0.1, -0.05) is 6.07 Å². The fraction of sp³-hybridized carbons (Fsp3) is 0.562. The van der Waals surface area contributed by atoms with E-state index in [0.717, 1.165) is 44.0 Å². The molecule has 0 aliphatic carbocycles. The molecule has 1 amide bonds. The Labute approximate surface area is 125 Å². The average molecular weight is 290 g/mol. The van der Waals surface area contributed by atoms with Crippen molar-refractivity contribution in [3.63, 3.8) is 0 Å². The molecule has 1 fully saturated rings. The SMILES string of the molecule is CC(=O)N1CCC(NCc2ccc3c(c2)OCCO3)CC1. The highest BCUT2D eigenvalue weighted by atomic mass is 16.6. The minimum atomic E-state index is 0.181. The Morgan fingerprint density at radius 3 is 2.67 bits per heavy atom. The number of hydrogen-bond acceptors (Lipinski definition) is 4.